The SMILES string of the molecule is N#Cc1cnn2cc3ccccc3nc12. The summed E-state index contributed by atoms with van der Waals surface area (Å²) < 4.78 is 1.63. The number of nitrogens with zero attached hydrogens (tertiary/aromatic N) is 4. The molecule has 0 N–H and O–H groups in total. The van der Waals surface area contributed by atoms with E-state index in [1.165, 1.54) is 6.20 Å². The molecule has 2 aromatic heterocycles. The lowest BCUT2D eigenvalue weighted by Gasteiger charge is -1.97. The first-order valence-electron chi connectivity index (χ1n) is 4.52. The zero-order valence-electron chi connectivity index (χ0n) is 7.75. The van der Waals surface area contributed by atoms with Gasteiger partial charge in [0.25, 0.3) is 0 Å². The van der Waals surface area contributed by atoms with Gasteiger partial charge in [-0.25, -0.2) is 9.50 Å². The van der Waals surface area contributed by atoms with E-state index in [2.05, 4.69) is 16.2 Å². The summed E-state index contributed by atoms with van der Waals surface area (Å²) in [6.45, 7) is 0. The van der Waals surface area contributed by atoms with E-state index >= 15 is 0 Å². The van der Waals surface area contributed by atoms with Crippen molar-refractivity contribution in [2.45, 2.75) is 0 Å². The lowest BCUT2D eigenvalue weighted by molar-refractivity contribution is 0.953. The number of hydrogen-bond acceptors (Lipinski definition) is 3. The van der Waals surface area contributed by atoms with Crippen LogP contribution in [0.4, 0.5) is 0 Å². The zero-order valence-corrected chi connectivity index (χ0v) is 7.75. The van der Waals surface area contributed by atoms with Gasteiger partial charge in [-0.05, 0) is 6.07 Å². The highest BCUT2D eigenvalue weighted by molar-refractivity contribution is 5.80. The van der Waals surface area contributed by atoms with Crippen LogP contribution in [0.25, 0.3) is 16.6 Å². The van der Waals surface area contributed by atoms with Crippen molar-refractivity contribution in [3.05, 3.63) is 42.2 Å². The molecule has 1 aromatic carbocycles. The molecule has 0 atom stereocenters. The molecule has 0 saturated carbocycles. The van der Waals surface area contributed by atoms with Crippen LogP contribution in [0.3, 0.4) is 0 Å². The van der Waals surface area contributed by atoms with Crippen molar-refractivity contribution in [3.8, 4) is 6.07 Å². The molecule has 70 valence electrons. The summed E-state index contributed by atoms with van der Waals surface area (Å²) in [5.74, 6) is 0. The highest BCUT2D eigenvalue weighted by atomic mass is 15.2. The van der Waals surface area contributed by atoms with E-state index in [-0.39, 0.29) is 0 Å². The second kappa shape index (κ2) is 2.79. The minimum absolute atomic E-state index is 0.501. The largest absolute Gasteiger partial charge is 0.227 e. The Bertz CT molecular complexity index is 690. The predicted octanol–water partition coefficient (Wildman–Crippen LogP) is 1.75. The van der Waals surface area contributed by atoms with Crippen LogP contribution in [0.2, 0.25) is 0 Å². The molecule has 0 aliphatic rings. The van der Waals surface area contributed by atoms with Gasteiger partial charge in [0, 0.05) is 11.6 Å². The van der Waals surface area contributed by atoms with Crippen LogP contribution >= 0.6 is 0 Å². The standard InChI is InChI=1S/C11H6N4/c12-5-9-6-13-15-7-8-3-1-2-4-10(8)14-11(9)15/h1-4,6-7H. The van der Waals surface area contributed by atoms with Crippen LogP contribution < -0.4 is 0 Å². The van der Waals surface area contributed by atoms with Gasteiger partial charge < -0.3 is 0 Å². The Kier molecular flexibility index (Phi) is 1.48. The predicted molar refractivity (Wildman–Crippen MR) is 55.2 cm³/mol. The molecular formula is C11H6N4. The van der Waals surface area contributed by atoms with Crippen LogP contribution in [-0.4, -0.2) is 14.6 Å². The van der Waals surface area contributed by atoms with Gasteiger partial charge in [0.2, 0.25) is 0 Å². The molecule has 0 radical (unpaired) electrons. The summed E-state index contributed by atoms with van der Waals surface area (Å²) >= 11 is 0. The molecule has 0 saturated heterocycles. The van der Waals surface area contributed by atoms with E-state index in [1.54, 1.807) is 4.52 Å². The Hall–Kier alpha value is -2.41. The molecule has 4 nitrogen and oxygen atoms in total. The number of aromatic nitrogens is 3. The monoisotopic (exact) mass is 194 g/mol. The molecule has 3 rings (SSSR count). The van der Waals surface area contributed by atoms with Crippen molar-refractivity contribution >= 4 is 16.6 Å². The molecule has 2 heterocycles. The minimum atomic E-state index is 0.501. The minimum Gasteiger partial charge on any atom is -0.227 e. The zero-order chi connectivity index (χ0) is 10.3. The van der Waals surface area contributed by atoms with Crippen molar-refractivity contribution in [2.24, 2.45) is 0 Å². The van der Waals surface area contributed by atoms with Gasteiger partial charge >= 0.3 is 0 Å². The first-order valence-corrected chi connectivity index (χ1v) is 4.52. The maximum Gasteiger partial charge on any atom is 0.173 e. The van der Waals surface area contributed by atoms with E-state index < -0.39 is 0 Å². The third-order valence-electron chi connectivity index (χ3n) is 2.31. The second-order valence-electron chi connectivity index (χ2n) is 3.24. The molecule has 0 spiro atoms. The second-order valence-corrected chi connectivity index (χ2v) is 3.24. The number of para-hydroxylation sites is 1. The van der Waals surface area contributed by atoms with E-state index in [0.29, 0.717) is 11.2 Å². The van der Waals surface area contributed by atoms with E-state index in [9.17, 15) is 0 Å². The van der Waals surface area contributed by atoms with Gasteiger partial charge in [0.15, 0.2) is 5.65 Å². The summed E-state index contributed by atoms with van der Waals surface area (Å²) in [7, 11) is 0. The first kappa shape index (κ1) is 7.94. The van der Waals surface area contributed by atoms with Gasteiger partial charge in [0.1, 0.15) is 11.6 Å². The van der Waals surface area contributed by atoms with Crippen LogP contribution in [0, 0.1) is 11.3 Å². The third kappa shape index (κ3) is 1.07. The number of rotatable bonds is 0. The topological polar surface area (TPSA) is 54.0 Å². The van der Waals surface area contributed by atoms with Crippen LogP contribution in [0.1, 0.15) is 5.56 Å². The van der Waals surface area contributed by atoms with Crippen molar-refractivity contribution in [1.29, 1.82) is 5.26 Å². The van der Waals surface area contributed by atoms with Gasteiger partial charge in [-0.1, -0.05) is 18.2 Å². The van der Waals surface area contributed by atoms with Gasteiger partial charge in [0.05, 0.1) is 11.7 Å². The molecule has 0 bridgehead atoms. The molecular weight excluding hydrogens is 188 g/mol. The van der Waals surface area contributed by atoms with Gasteiger partial charge in [-0.3, -0.25) is 0 Å². The molecule has 0 fully saturated rings. The molecule has 0 amide bonds. The maximum atomic E-state index is 8.85. The fourth-order valence-electron chi connectivity index (χ4n) is 1.58. The van der Waals surface area contributed by atoms with Crippen molar-refractivity contribution in [1.82, 2.24) is 14.6 Å². The Morgan fingerprint density at radius 1 is 1.27 bits per heavy atom. The van der Waals surface area contributed by atoms with Crippen LogP contribution in [0.15, 0.2) is 36.7 Å². The van der Waals surface area contributed by atoms with Gasteiger partial charge in [-0.15, -0.1) is 0 Å². The molecule has 15 heavy (non-hydrogen) atoms. The fourth-order valence-corrected chi connectivity index (χ4v) is 1.58. The van der Waals surface area contributed by atoms with Gasteiger partial charge in [-0.2, -0.15) is 10.4 Å². The highest BCUT2D eigenvalue weighted by Gasteiger charge is 2.05. The van der Waals surface area contributed by atoms with Crippen LogP contribution in [-0.2, 0) is 0 Å². The Morgan fingerprint density at radius 2 is 2.13 bits per heavy atom. The molecule has 0 aliphatic heterocycles. The third-order valence-corrected chi connectivity index (χ3v) is 2.31. The summed E-state index contributed by atoms with van der Waals surface area (Å²) in [6.07, 6.45) is 3.40. The molecule has 0 aliphatic carbocycles. The highest BCUT2D eigenvalue weighted by Crippen LogP contribution is 2.14. The van der Waals surface area contributed by atoms with E-state index in [1.807, 2.05) is 30.5 Å². The van der Waals surface area contributed by atoms with Crippen molar-refractivity contribution in [3.63, 3.8) is 0 Å². The van der Waals surface area contributed by atoms with E-state index in [0.717, 1.165) is 10.9 Å². The average molecular weight is 194 g/mol. The van der Waals surface area contributed by atoms with Crippen LogP contribution in [0.5, 0.6) is 0 Å². The average Bonchev–Trinajstić information content (AvgIpc) is 2.68. The molecule has 4 heteroatoms. The normalized spacial score (nSPS) is 10.6. The summed E-state index contributed by atoms with van der Waals surface area (Å²) in [5, 5.41) is 13.9. The Balaban J connectivity index is 2.51. The lowest BCUT2D eigenvalue weighted by Crippen LogP contribution is -1.91. The number of nitriles is 1. The molecule has 3 aromatic rings. The van der Waals surface area contributed by atoms with E-state index in [4.69, 9.17) is 5.26 Å². The quantitative estimate of drug-likeness (QED) is 0.547. The smallest absolute Gasteiger partial charge is 0.173 e. The number of hydrogen-bond donors (Lipinski definition) is 0. The summed E-state index contributed by atoms with van der Waals surface area (Å²) in [5.41, 5.74) is 1.99. The summed E-state index contributed by atoms with van der Waals surface area (Å²) in [6, 6.07) is 9.83. The first-order chi connectivity index (χ1) is 7.38. The Morgan fingerprint density at radius 3 is 3.00 bits per heavy atom. The maximum absolute atomic E-state index is 8.85. The summed E-state index contributed by atoms with van der Waals surface area (Å²) in [4.78, 5) is 4.39. The number of benzene rings is 1. The number of fused-ring (bicyclic) bond motifs is 2. The van der Waals surface area contributed by atoms with Crippen molar-refractivity contribution < 1.29 is 0 Å². The van der Waals surface area contributed by atoms with Crippen molar-refractivity contribution in [2.75, 3.05) is 0 Å². The lowest BCUT2D eigenvalue weighted by atomic mass is 10.2. The molecule has 0 unspecified atom stereocenters. The Labute approximate surface area is 85.4 Å². The fraction of sp³-hybridized carbons (Fsp3) is 0.